The summed E-state index contributed by atoms with van der Waals surface area (Å²) >= 11 is 0. The molecule has 0 saturated heterocycles. The van der Waals surface area contributed by atoms with E-state index in [4.69, 9.17) is 4.52 Å². The lowest BCUT2D eigenvalue weighted by molar-refractivity contribution is 0.0941. The molecule has 1 saturated carbocycles. The first-order chi connectivity index (χ1) is 9.76. The molecule has 108 valence electrons. The zero-order valence-corrected chi connectivity index (χ0v) is 12.0. The molecule has 1 aromatic heterocycles. The number of aromatic nitrogens is 1. The van der Waals surface area contributed by atoms with Gasteiger partial charge in [0.15, 0.2) is 5.69 Å². The standard InChI is InChI=1S/C16H22N2O2/c1-2-3-14-10-15(18-20-14)16(19)17-7-6-13-9-11-4-5-12(13)8-11/h4-5,10-13H,2-3,6-9H2,1H3,(H,17,19)/t11-,12+,13-/m1/s1. The van der Waals surface area contributed by atoms with E-state index in [0.29, 0.717) is 5.69 Å². The summed E-state index contributed by atoms with van der Waals surface area (Å²) in [6, 6.07) is 1.75. The van der Waals surface area contributed by atoms with Gasteiger partial charge in [-0.25, -0.2) is 0 Å². The molecule has 1 fully saturated rings. The van der Waals surface area contributed by atoms with E-state index in [0.717, 1.165) is 49.3 Å². The van der Waals surface area contributed by atoms with Crippen molar-refractivity contribution in [3.63, 3.8) is 0 Å². The molecule has 1 aromatic rings. The van der Waals surface area contributed by atoms with Crippen molar-refractivity contribution >= 4 is 5.91 Å². The third kappa shape index (κ3) is 2.79. The summed E-state index contributed by atoms with van der Waals surface area (Å²) in [6.45, 7) is 2.81. The molecule has 0 aromatic carbocycles. The number of hydrogen-bond acceptors (Lipinski definition) is 3. The molecule has 3 rings (SSSR count). The molecule has 0 spiro atoms. The molecular weight excluding hydrogens is 252 g/mol. The zero-order valence-electron chi connectivity index (χ0n) is 12.0. The molecule has 2 aliphatic carbocycles. The highest BCUT2D eigenvalue weighted by Gasteiger charge is 2.34. The normalized spacial score (nSPS) is 27.1. The van der Waals surface area contributed by atoms with Crippen LogP contribution in [0.5, 0.6) is 0 Å². The van der Waals surface area contributed by atoms with E-state index in [1.807, 2.05) is 0 Å². The molecule has 0 radical (unpaired) electrons. The van der Waals surface area contributed by atoms with E-state index < -0.39 is 0 Å². The van der Waals surface area contributed by atoms with Gasteiger partial charge in [0.1, 0.15) is 5.76 Å². The van der Waals surface area contributed by atoms with Crippen LogP contribution in [0.4, 0.5) is 0 Å². The number of nitrogens with one attached hydrogen (secondary N) is 1. The summed E-state index contributed by atoms with van der Waals surface area (Å²) in [5.74, 6) is 2.97. The zero-order chi connectivity index (χ0) is 13.9. The molecular formula is C16H22N2O2. The average molecular weight is 274 g/mol. The summed E-state index contributed by atoms with van der Waals surface area (Å²) < 4.78 is 5.13. The van der Waals surface area contributed by atoms with Gasteiger partial charge in [0.25, 0.3) is 5.91 Å². The van der Waals surface area contributed by atoms with E-state index in [1.165, 1.54) is 12.8 Å². The fourth-order valence-corrected chi connectivity index (χ4v) is 3.47. The van der Waals surface area contributed by atoms with Crippen LogP contribution in [0.2, 0.25) is 0 Å². The van der Waals surface area contributed by atoms with Gasteiger partial charge in [0.2, 0.25) is 0 Å². The summed E-state index contributed by atoms with van der Waals surface area (Å²) in [4.78, 5) is 11.9. The second kappa shape index (κ2) is 5.81. The first-order valence-electron chi connectivity index (χ1n) is 7.68. The third-order valence-corrected chi connectivity index (χ3v) is 4.51. The lowest BCUT2D eigenvalue weighted by Crippen LogP contribution is -2.27. The summed E-state index contributed by atoms with van der Waals surface area (Å²) in [5.41, 5.74) is 0.404. The maximum Gasteiger partial charge on any atom is 0.273 e. The molecule has 0 aliphatic heterocycles. The van der Waals surface area contributed by atoms with Crippen molar-refractivity contribution in [2.75, 3.05) is 6.54 Å². The average Bonchev–Trinajstić information content (AvgIpc) is 3.14. The van der Waals surface area contributed by atoms with E-state index in [2.05, 4.69) is 29.5 Å². The Morgan fingerprint density at radius 1 is 1.45 bits per heavy atom. The molecule has 1 heterocycles. The Morgan fingerprint density at radius 2 is 2.35 bits per heavy atom. The monoisotopic (exact) mass is 274 g/mol. The van der Waals surface area contributed by atoms with Crippen LogP contribution in [0.3, 0.4) is 0 Å². The third-order valence-electron chi connectivity index (χ3n) is 4.51. The molecule has 20 heavy (non-hydrogen) atoms. The number of carbonyl (C=O) groups is 1. The Balaban J connectivity index is 1.43. The first-order valence-corrected chi connectivity index (χ1v) is 7.68. The minimum absolute atomic E-state index is 0.116. The second-order valence-electron chi connectivity index (χ2n) is 6.01. The predicted octanol–water partition coefficient (Wildman–Crippen LogP) is 2.96. The smallest absolute Gasteiger partial charge is 0.273 e. The molecule has 1 amide bonds. The van der Waals surface area contributed by atoms with Gasteiger partial charge in [-0.05, 0) is 43.4 Å². The Morgan fingerprint density at radius 3 is 3.05 bits per heavy atom. The molecule has 4 heteroatoms. The maximum absolute atomic E-state index is 11.9. The molecule has 1 N–H and O–H groups in total. The van der Waals surface area contributed by atoms with Crippen LogP contribution in [-0.4, -0.2) is 17.6 Å². The van der Waals surface area contributed by atoms with Gasteiger partial charge in [-0.3, -0.25) is 4.79 Å². The minimum atomic E-state index is -0.116. The summed E-state index contributed by atoms with van der Waals surface area (Å²) in [7, 11) is 0. The van der Waals surface area contributed by atoms with E-state index >= 15 is 0 Å². The van der Waals surface area contributed by atoms with Crippen molar-refractivity contribution in [2.24, 2.45) is 17.8 Å². The molecule has 2 aliphatic rings. The van der Waals surface area contributed by atoms with Crippen LogP contribution in [-0.2, 0) is 6.42 Å². The Kier molecular flexibility index (Phi) is 3.90. The lowest BCUT2D eigenvalue weighted by atomic mass is 9.91. The van der Waals surface area contributed by atoms with Crippen molar-refractivity contribution in [1.82, 2.24) is 10.5 Å². The number of rotatable bonds is 6. The van der Waals surface area contributed by atoms with Crippen LogP contribution < -0.4 is 5.32 Å². The van der Waals surface area contributed by atoms with Gasteiger partial charge in [-0.1, -0.05) is 24.2 Å². The Bertz CT molecular complexity index is 506. The number of aryl methyl sites for hydroxylation is 1. The molecule has 2 bridgehead atoms. The Labute approximate surface area is 119 Å². The molecule has 4 nitrogen and oxygen atoms in total. The summed E-state index contributed by atoms with van der Waals surface area (Å²) in [5, 5.41) is 6.78. The fourth-order valence-electron chi connectivity index (χ4n) is 3.47. The first kappa shape index (κ1) is 13.4. The second-order valence-corrected chi connectivity index (χ2v) is 6.01. The van der Waals surface area contributed by atoms with Gasteiger partial charge in [0.05, 0.1) is 0 Å². The highest BCUT2D eigenvalue weighted by molar-refractivity contribution is 5.92. The van der Waals surface area contributed by atoms with Crippen molar-refractivity contribution < 1.29 is 9.32 Å². The highest BCUT2D eigenvalue weighted by Crippen LogP contribution is 2.44. The maximum atomic E-state index is 11.9. The van der Waals surface area contributed by atoms with Crippen LogP contribution in [0, 0.1) is 17.8 Å². The SMILES string of the molecule is CCCc1cc(C(=O)NCC[C@@H]2C[C@@H]3C=C[C@H]2C3)no1. The number of nitrogens with zero attached hydrogens (tertiary/aromatic N) is 1. The van der Waals surface area contributed by atoms with Crippen LogP contribution in [0.1, 0.15) is 48.9 Å². The van der Waals surface area contributed by atoms with Gasteiger partial charge in [-0.15, -0.1) is 0 Å². The van der Waals surface area contributed by atoms with Crippen molar-refractivity contribution in [1.29, 1.82) is 0 Å². The van der Waals surface area contributed by atoms with Crippen molar-refractivity contribution in [2.45, 2.75) is 39.0 Å². The van der Waals surface area contributed by atoms with E-state index in [9.17, 15) is 4.79 Å². The van der Waals surface area contributed by atoms with Gasteiger partial charge in [0, 0.05) is 19.0 Å². The van der Waals surface area contributed by atoms with Gasteiger partial charge < -0.3 is 9.84 Å². The van der Waals surface area contributed by atoms with Gasteiger partial charge >= 0.3 is 0 Å². The number of allylic oxidation sites excluding steroid dienone is 2. The van der Waals surface area contributed by atoms with Gasteiger partial charge in [-0.2, -0.15) is 0 Å². The lowest BCUT2D eigenvalue weighted by Gasteiger charge is -2.17. The minimum Gasteiger partial charge on any atom is -0.361 e. The summed E-state index contributed by atoms with van der Waals surface area (Å²) in [6.07, 6.45) is 10.2. The van der Waals surface area contributed by atoms with Crippen LogP contribution in [0.25, 0.3) is 0 Å². The molecule has 0 unspecified atom stereocenters. The van der Waals surface area contributed by atoms with Crippen LogP contribution >= 0.6 is 0 Å². The van der Waals surface area contributed by atoms with Crippen molar-refractivity contribution in [3.8, 4) is 0 Å². The highest BCUT2D eigenvalue weighted by atomic mass is 16.5. The largest absolute Gasteiger partial charge is 0.361 e. The van der Waals surface area contributed by atoms with Crippen LogP contribution in [0.15, 0.2) is 22.7 Å². The van der Waals surface area contributed by atoms with Crippen molar-refractivity contribution in [3.05, 3.63) is 29.7 Å². The quantitative estimate of drug-likeness (QED) is 0.811. The topological polar surface area (TPSA) is 55.1 Å². The number of hydrogen-bond donors (Lipinski definition) is 1. The van der Waals surface area contributed by atoms with E-state index in [1.54, 1.807) is 6.07 Å². The Hall–Kier alpha value is -1.58. The van der Waals surface area contributed by atoms with E-state index in [-0.39, 0.29) is 5.91 Å². The predicted molar refractivity (Wildman–Crippen MR) is 76.3 cm³/mol. The number of amides is 1. The number of carbonyl (C=O) groups excluding carboxylic acids is 1. The number of fused-ring (bicyclic) bond motifs is 2. The molecule has 3 atom stereocenters. The fraction of sp³-hybridized carbons (Fsp3) is 0.625.